The van der Waals surface area contributed by atoms with Crippen molar-refractivity contribution in [2.45, 2.75) is 13.5 Å². The molecule has 13 heteroatoms. The molecule has 3 heterocycles. The SMILES string of the molecule is COc1ccc(CNc2ncnc3c(-c4cn(-c5cc(C(=O)Nc6cccc(Cl)c6F)ccc5C)nn4)csc23)c(OC)c1. The Morgan fingerprint density at radius 1 is 1.09 bits per heavy atom. The molecule has 0 aliphatic heterocycles. The first-order valence-electron chi connectivity index (χ1n) is 13.3. The summed E-state index contributed by atoms with van der Waals surface area (Å²) < 4.78 is 27.6. The summed E-state index contributed by atoms with van der Waals surface area (Å²) in [6.45, 7) is 2.38. The predicted molar refractivity (Wildman–Crippen MR) is 169 cm³/mol. The van der Waals surface area contributed by atoms with Crippen LogP contribution in [0.3, 0.4) is 0 Å². The second-order valence-electron chi connectivity index (χ2n) is 9.69. The number of nitrogens with zero attached hydrogens (tertiary/aromatic N) is 5. The number of fused-ring (bicyclic) bond motifs is 1. The number of hydrogen-bond acceptors (Lipinski definition) is 9. The molecule has 0 aliphatic rings. The number of benzene rings is 3. The number of nitrogens with one attached hydrogen (secondary N) is 2. The number of anilines is 2. The third-order valence-electron chi connectivity index (χ3n) is 6.98. The summed E-state index contributed by atoms with van der Waals surface area (Å²) >= 11 is 7.35. The summed E-state index contributed by atoms with van der Waals surface area (Å²) in [5, 5.41) is 16.6. The molecule has 0 spiro atoms. The van der Waals surface area contributed by atoms with E-state index in [0.717, 1.165) is 26.9 Å². The van der Waals surface area contributed by atoms with Crippen molar-refractivity contribution < 1.29 is 18.7 Å². The number of methoxy groups -OCH3 is 2. The zero-order chi connectivity index (χ0) is 30.8. The van der Waals surface area contributed by atoms with Gasteiger partial charge in [-0.15, -0.1) is 16.4 Å². The van der Waals surface area contributed by atoms with E-state index >= 15 is 0 Å². The number of rotatable bonds is 9. The van der Waals surface area contributed by atoms with Crippen LogP contribution in [0.15, 0.2) is 72.5 Å². The van der Waals surface area contributed by atoms with Crippen LogP contribution >= 0.6 is 22.9 Å². The number of thiophene rings is 1. The average Bonchev–Trinajstić information content (AvgIpc) is 3.70. The van der Waals surface area contributed by atoms with Crippen molar-refractivity contribution in [2.75, 3.05) is 24.9 Å². The lowest BCUT2D eigenvalue weighted by atomic mass is 10.1. The van der Waals surface area contributed by atoms with Crippen LogP contribution in [-0.2, 0) is 6.54 Å². The summed E-state index contributed by atoms with van der Waals surface area (Å²) in [6.07, 6.45) is 3.28. The summed E-state index contributed by atoms with van der Waals surface area (Å²) in [6, 6.07) is 15.2. The minimum absolute atomic E-state index is 0.00371. The topological polar surface area (TPSA) is 116 Å². The van der Waals surface area contributed by atoms with Gasteiger partial charge in [-0.3, -0.25) is 4.79 Å². The van der Waals surface area contributed by atoms with Gasteiger partial charge in [0.2, 0.25) is 0 Å². The first-order valence-corrected chi connectivity index (χ1v) is 14.6. The molecule has 1 amide bonds. The Kier molecular flexibility index (Phi) is 8.09. The van der Waals surface area contributed by atoms with Gasteiger partial charge in [-0.05, 0) is 48.9 Å². The Morgan fingerprint density at radius 2 is 1.95 bits per heavy atom. The van der Waals surface area contributed by atoms with Gasteiger partial charge < -0.3 is 20.1 Å². The molecular weight excluding hydrogens is 605 g/mol. The zero-order valence-electron chi connectivity index (χ0n) is 23.8. The molecule has 0 unspecified atom stereocenters. The lowest BCUT2D eigenvalue weighted by Gasteiger charge is -2.12. The van der Waals surface area contributed by atoms with Crippen LogP contribution in [0.25, 0.3) is 27.2 Å². The van der Waals surface area contributed by atoms with Crippen molar-refractivity contribution in [1.82, 2.24) is 25.0 Å². The zero-order valence-corrected chi connectivity index (χ0v) is 25.3. The Labute approximate surface area is 260 Å². The summed E-state index contributed by atoms with van der Waals surface area (Å²) in [5.74, 6) is 0.923. The highest BCUT2D eigenvalue weighted by Gasteiger charge is 2.18. The van der Waals surface area contributed by atoms with Crippen LogP contribution in [0.1, 0.15) is 21.5 Å². The smallest absolute Gasteiger partial charge is 0.255 e. The molecular formula is C31H25ClFN7O3S. The maximum atomic E-state index is 14.3. The van der Waals surface area contributed by atoms with E-state index in [0.29, 0.717) is 40.8 Å². The quantitative estimate of drug-likeness (QED) is 0.177. The van der Waals surface area contributed by atoms with Gasteiger partial charge >= 0.3 is 0 Å². The second kappa shape index (κ2) is 12.3. The van der Waals surface area contributed by atoms with Crippen molar-refractivity contribution in [3.05, 3.63) is 100 Å². The van der Waals surface area contributed by atoms with E-state index in [9.17, 15) is 9.18 Å². The monoisotopic (exact) mass is 629 g/mol. The van der Waals surface area contributed by atoms with Gasteiger partial charge in [-0.2, -0.15) is 0 Å². The molecule has 3 aromatic carbocycles. The van der Waals surface area contributed by atoms with Crippen molar-refractivity contribution in [1.29, 1.82) is 0 Å². The lowest BCUT2D eigenvalue weighted by Crippen LogP contribution is -2.14. The highest BCUT2D eigenvalue weighted by Crippen LogP contribution is 2.36. The van der Waals surface area contributed by atoms with Crippen LogP contribution in [0.5, 0.6) is 11.5 Å². The fourth-order valence-electron chi connectivity index (χ4n) is 4.63. The molecule has 10 nitrogen and oxygen atoms in total. The Balaban J connectivity index is 1.25. The van der Waals surface area contributed by atoms with Crippen LogP contribution < -0.4 is 20.1 Å². The average molecular weight is 630 g/mol. The predicted octanol–water partition coefficient (Wildman–Crippen LogP) is 6.92. The van der Waals surface area contributed by atoms with E-state index in [1.54, 1.807) is 49.4 Å². The molecule has 0 atom stereocenters. The molecule has 0 saturated carbocycles. The third-order valence-corrected chi connectivity index (χ3v) is 8.25. The number of carbonyl (C=O) groups is 1. The normalized spacial score (nSPS) is 11.0. The van der Waals surface area contributed by atoms with Gasteiger partial charge in [-0.1, -0.05) is 28.9 Å². The van der Waals surface area contributed by atoms with Crippen molar-refractivity contribution in [3.8, 4) is 28.4 Å². The Hall–Kier alpha value is -5.07. The summed E-state index contributed by atoms with van der Waals surface area (Å²) in [7, 11) is 3.23. The molecule has 0 radical (unpaired) electrons. The van der Waals surface area contributed by atoms with E-state index < -0.39 is 11.7 Å². The molecule has 6 aromatic rings. The molecule has 44 heavy (non-hydrogen) atoms. The molecule has 0 saturated heterocycles. The Morgan fingerprint density at radius 3 is 2.77 bits per heavy atom. The van der Waals surface area contributed by atoms with Gasteiger partial charge in [-0.25, -0.2) is 19.0 Å². The van der Waals surface area contributed by atoms with Crippen molar-refractivity contribution >= 4 is 50.6 Å². The van der Waals surface area contributed by atoms with Crippen molar-refractivity contribution in [3.63, 3.8) is 0 Å². The summed E-state index contributed by atoms with van der Waals surface area (Å²) in [4.78, 5) is 21.9. The minimum atomic E-state index is -0.693. The number of carbonyl (C=O) groups excluding carboxylic acids is 1. The van der Waals surface area contributed by atoms with Crippen LogP contribution in [0.2, 0.25) is 5.02 Å². The molecule has 3 aromatic heterocycles. The third kappa shape index (κ3) is 5.64. The standard InChI is InChI=1S/C31H25ClFN7O3S/c1-17-7-8-18(31(41)37-23-6-4-5-22(32)27(23)33)11-25(17)40-14-24(38-39-40)21-15-44-29-28(21)35-16-36-30(29)34-13-19-9-10-20(42-2)12-26(19)43-3/h4-12,14-16H,13H2,1-3H3,(H,37,41)(H,34,35,36). The first-order chi connectivity index (χ1) is 21.4. The fourth-order valence-corrected chi connectivity index (χ4v) is 5.79. The van der Waals surface area contributed by atoms with Crippen molar-refractivity contribution in [2.24, 2.45) is 0 Å². The number of ether oxygens (including phenoxy) is 2. The number of halogens is 2. The maximum absolute atomic E-state index is 14.3. The highest BCUT2D eigenvalue weighted by molar-refractivity contribution is 7.18. The molecule has 2 N–H and O–H groups in total. The van der Waals surface area contributed by atoms with Gasteiger partial charge in [0.15, 0.2) is 5.82 Å². The van der Waals surface area contributed by atoms with Gasteiger partial charge in [0, 0.05) is 34.7 Å². The highest BCUT2D eigenvalue weighted by atomic mass is 35.5. The number of aryl methyl sites for hydroxylation is 1. The van der Waals surface area contributed by atoms with E-state index in [1.165, 1.54) is 29.8 Å². The van der Waals surface area contributed by atoms with E-state index in [4.69, 9.17) is 21.1 Å². The van der Waals surface area contributed by atoms with E-state index in [-0.39, 0.29) is 10.7 Å². The largest absolute Gasteiger partial charge is 0.497 e. The maximum Gasteiger partial charge on any atom is 0.255 e. The first kappa shape index (κ1) is 29.0. The van der Waals surface area contributed by atoms with E-state index in [2.05, 4.69) is 30.9 Å². The number of hydrogen-bond donors (Lipinski definition) is 2. The van der Waals surface area contributed by atoms with Crippen LogP contribution in [0.4, 0.5) is 15.9 Å². The van der Waals surface area contributed by atoms with Gasteiger partial charge in [0.25, 0.3) is 5.91 Å². The number of aromatic nitrogens is 5. The van der Waals surface area contributed by atoms with Gasteiger partial charge in [0.1, 0.15) is 29.3 Å². The Bertz CT molecular complexity index is 2010. The molecule has 6 rings (SSSR count). The molecule has 0 fully saturated rings. The molecule has 222 valence electrons. The second-order valence-corrected chi connectivity index (χ2v) is 11.0. The molecule has 0 bridgehead atoms. The molecule has 0 aliphatic carbocycles. The van der Waals surface area contributed by atoms with Gasteiger partial charge in [0.05, 0.1) is 47.0 Å². The van der Waals surface area contributed by atoms with Crippen LogP contribution in [0, 0.1) is 12.7 Å². The minimum Gasteiger partial charge on any atom is -0.497 e. The van der Waals surface area contributed by atoms with E-state index in [1.807, 2.05) is 30.5 Å². The fraction of sp³-hybridized carbons (Fsp3) is 0.129. The van der Waals surface area contributed by atoms with Crippen LogP contribution in [-0.4, -0.2) is 45.1 Å². The lowest BCUT2D eigenvalue weighted by molar-refractivity contribution is 0.102. The summed E-state index contributed by atoms with van der Waals surface area (Å²) in [5.41, 5.74) is 4.91. The number of amides is 1.